The van der Waals surface area contributed by atoms with Crippen LogP contribution in [-0.4, -0.2) is 26.3 Å². The van der Waals surface area contributed by atoms with Gasteiger partial charge in [-0.2, -0.15) is 0 Å². The van der Waals surface area contributed by atoms with Crippen LogP contribution in [0.3, 0.4) is 0 Å². The van der Waals surface area contributed by atoms with E-state index in [4.69, 9.17) is 0 Å². The molecule has 0 atom stereocenters. The second-order valence-electron chi connectivity index (χ2n) is 5.70. The van der Waals surface area contributed by atoms with E-state index < -0.39 is 0 Å². The Morgan fingerprint density at radius 2 is 1.30 bits per heavy atom. The van der Waals surface area contributed by atoms with Crippen LogP contribution in [0.5, 0.6) is 0 Å². The molecule has 23 heavy (non-hydrogen) atoms. The van der Waals surface area contributed by atoms with E-state index in [1.807, 2.05) is 66.8 Å². The highest BCUT2D eigenvalue weighted by atomic mass is 16.1. The topological polar surface area (TPSA) is 48.9 Å². The lowest BCUT2D eigenvalue weighted by Gasteiger charge is -2.21. The van der Waals surface area contributed by atoms with E-state index >= 15 is 0 Å². The lowest BCUT2D eigenvalue weighted by atomic mass is 9.97. The standard InChI is InChI=1S/C18H19N3O2/c1-19-10-4-5-15(19)18(16-8-6-13(11-22)20(16)2)17-9-7-14(12-23)21(17)3/h4-12,18H,1-3H3. The molecule has 0 fully saturated rings. The maximum atomic E-state index is 11.2. The molecule has 0 amide bonds. The number of hydrogen-bond donors (Lipinski definition) is 0. The molecular weight excluding hydrogens is 290 g/mol. The number of aldehydes is 2. The number of carbonyl (C=O) groups is 2. The minimum absolute atomic E-state index is 0.0626. The molecule has 0 aliphatic rings. The van der Waals surface area contributed by atoms with Crippen LogP contribution in [0, 0.1) is 0 Å². The summed E-state index contributed by atoms with van der Waals surface area (Å²) in [5, 5.41) is 0. The summed E-state index contributed by atoms with van der Waals surface area (Å²) in [6.45, 7) is 0. The third kappa shape index (κ3) is 2.34. The summed E-state index contributed by atoms with van der Waals surface area (Å²) in [6.07, 6.45) is 3.70. The maximum Gasteiger partial charge on any atom is 0.166 e. The van der Waals surface area contributed by atoms with Gasteiger partial charge in [-0.1, -0.05) is 0 Å². The molecule has 0 N–H and O–H groups in total. The molecule has 3 heterocycles. The van der Waals surface area contributed by atoms with E-state index in [1.165, 1.54) is 0 Å². The van der Waals surface area contributed by atoms with Gasteiger partial charge < -0.3 is 13.7 Å². The van der Waals surface area contributed by atoms with Crippen molar-refractivity contribution in [2.24, 2.45) is 21.1 Å². The van der Waals surface area contributed by atoms with Crippen molar-refractivity contribution < 1.29 is 9.59 Å². The molecule has 5 nitrogen and oxygen atoms in total. The molecule has 0 aliphatic heterocycles. The first-order chi connectivity index (χ1) is 11.1. The van der Waals surface area contributed by atoms with Gasteiger partial charge in [-0.25, -0.2) is 0 Å². The second-order valence-corrected chi connectivity index (χ2v) is 5.70. The van der Waals surface area contributed by atoms with Crippen LogP contribution in [0.25, 0.3) is 0 Å². The predicted octanol–water partition coefficient (Wildman–Crippen LogP) is 2.51. The Balaban J connectivity index is 2.24. The zero-order chi connectivity index (χ0) is 16.6. The second kappa shape index (κ2) is 5.76. The first kappa shape index (κ1) is 15.1. The Bertz CT molecular complexity index is 815. The quantitative estimate of drug-likeness (QED) is 0.680. The van der Waals surface area contributed by atoms with Crippen molar-refractivity contribution in [3.05, 3.63) is 71.1 Å². The largest absolute Gasteiger partial charge is 0.353 e. The summed E-state index contributed by atoms with van der Waals surface area (Å²) in [6, 6.07) is 11.6. The normalized spacial score (nSPS) is 11.1. The van der Waals surface area contributed by atoms with Crippen LogP contribution >= 0.6 is 0 Å². The SMILES string of the molecule is Cn1cccc1C(c1ccc(C=O)n1C)c1ccc(C=O)n1C. The van der Waals surface area contributed by atoms with Gasteiger partial charge in [0.15, 0.2) is 12.6 Å². The Hall–Kier alpha value is -2.82. The lowest BCUT2D eigenvalue weighted by molar-refractivity contribution is 0.110. The van der Waals surface area contributed by atoms with Gasteiger partial charge in [0.1, 0.15) is 0 Å². The summed E-state index contributed by atoms with van der Waals surface area (Å²) in [5.41, 5.74) is 4.37. The van der Waals surface area contributed by atoms with Crippen LogP contribution in [0.1, 0.15) is 44.0 Å². The summed E-state index contributed by atoms with van der Waals surface area (Å²) in [5.74, 6) is -0.0626. The van der Waals surface area contributed by atoms with Gasteiger partial charge >= 0.3 is 0 Å². The van der Waals surface area contributed by atoms with Gasteiger partial charge in [0.25, 0.3) is 0 Å². The van der Waals surface area contributed by atoms with Crippen LogP contribution < -0.4 is 0 Å². The first-order valence-electron chi connectivity index (χ1n) is 7.41. The molecule has 0 saturated carbocycles. The van der Waals surface area contributed by atoms with E-state index in [0.29, 0.717) is 11.4 Å². The molecular formula is C18H19N3O2. The molecule has 0 aliphatic carbocycles. The summed E-state index contributed by atoms with van der Waals surface area (Å²) in [7, 11) is 5.77. The molecule has 0 saturated heterocycles. The molecule has 0 aromatic carbocycles. The Morgan fingerprint density at radius 1 is 0.783 bits per heavy atom. The van der Waals surface area contributed by atoms with Gasteiger partial charge in [0, 0.05) is 44.4 Å². The Morgan fingerprint density at radius 3 is 1.65 bits per heavy atom. The molecule has 3 aromatic rings. The smallest absolute Gasteiger partial charge is 0.166 e. The molecule has 5 heteroatoms. The van der Waals surface area contributed by atoms with Gasteiger partial charge in [-0.3, -0.25) is 9.59 Å². The zero-order valence-electron chi connectivity index (χ0n) is 13.4. The molecule has 0 spiro atoms. The van der Waals surface area contributed by atoms with E-state index in [2.05, 4.69) is 10.6 Å². The number of aryl methyl sites for hydroxylation is 1. The Labute approximate surface area is 134 Å². The van der Waals surface area contributed by atoms with Crippen molar-refractivity contribution in [1.82, 2.24) is 13.7 Å². The highest BCUT2D eigenvalue weighted by Gasteiger charge is 2.25. The Kier molecular flexibility index (Phi) is 3.78. The average Bonchev–Trinajstić information content (AvgIpc) is 3.22. The van der Waals surface area contributed by atoms with E-state index in [1.54, 1.807) is 0 Å². The van der Waals surface area contributed by atoms with Crippen LogP contribution in [0.15, 0.2) is 42.6 Å². The van der Waals surface area contributed by atoms with Crippen LogP contribution in [0.4, 0.5) is 0 Å². The molecule has 0 radical (unpaired) electrons. The van der Waals surface area contributed by atoms with Crippen molar-refractivity contribution in [2.45, 2.75) is 5.92 Å². The monoisotopic (exact) mass is 309 g/mol. The fourth-order valence-electron chi connectivity index (χ4n) is 3.13. The fraction of sp³-hybridized carbons (Fsp3) is 0.222. The maximum absolute atomic E-state index is 11.2. The van der Waals surface area contributed by atoms with Crippen molar-refractivity contribution in [3.8, 4) is 0 Å². The fourth-order valence-corrected chi connectivity index (χ4v) is 3.13. The third-order valence-electron chi connectivity index (χ3n) is 4.51. The number of aromatic nitrogens is 3. The van der Waals surface area contributed by atoms with E-state index in [9.17, 15) is 9.59 Å². The molecule has 118 valence electrons. The highest BCUT2D eigenvalue weighted by Crippen LogP contribution is 2.33. The third-order valence-corrected chi connectivity index (χ3v) is 4.51. The summed E-state index contributed by atoms with van der Waals surface area (Å²) in [4.78, 5) is 22.4. The number of carbonyl (C=O) groups excluding carboxylic acids is 2. The minimum Gasteiger partial charge on any atom is -0.353 e. The van der Waals surface area contributed by atoms with Crippen molar-refractivity contribution in [3.63, 3.8) is 0 Å². The molecule has 0 bridgehead atoms. The van der Waals surface area contributed by atoms with Crippen LogP contribution in [-0.2, 0) is 21.1 Å². The minimum atomic E-state index is -0.0626. The summed E-state index contributed by atoms with van der Waals surface area (Å²) < 4.78 is 5.86. The van der Waals surface area contributed by atoms with Crippen molar-refractivity contribution in [1.29, 1.82) is 0 Å². The number of nitrogens with zero attached hydrogens (tertiary/aromatic N) is 3. The van der Waals surface area contributed by atoms with Gasteiger partial charge in [-0.05, 0) is 36.4 Å². The average molecular weight is 309 g/mol. The summed E-state index contributed by atoms with van der Waals surface area (Å²) >= 11 is 0. The molecule has 3 rings (SSSR count). The highest BCUT2D eigenvalue weighted by molar-refractivity contribution is 5.74. The van der Waals surface area contributed by atoms with E-state index in [-0.39, 0.29) is 5.92 Å². The number of rotatable bonds is 5. The number of hydrogen-bond acceptors (Lipinski definition) is 2. The lowest BCUT2D eigenvalue weighted by Crippen LogP contribution is -2.16. The molecule has 0 unspecified atom stereocenters. The first-order valence-corrected chi connectivity index (χ1v) is 7.41. The van der Waals surface area contributed by atoms with E-state index in [0.717, 1.165) is 29.7 Å². The zero-order valence-corrected chi connectivity index (χ0v) is 13.4. The van der Waals surface area contributed by atoms with Gasteiger partial charge in [0.05, 0.1) is 17.3 Å². The predicted molar refractivity (Wildman–Crippen MR) is 88.0 cm³/mol. The van der Waals surface area contributed by atoms with Crippen molar-refractivity contribution in [2.75, 3.05) is 0 Å². The molecule has 3 aromatic heterocycles. The van der Waals surface area contributed by atoms with Gasteiger partial charge in [-0.15, -0.1) is 0 Å². The van der Waals surface area contributed by atoms with Crippen molar-refractivity contribution >= 4 is 12.6 Å². The van der Waals surface area contributed by atoms with Crippen LogP contribution in [0.2, 0.25) is 0 Å². The van der Waals surface area contributed by atoms with Gasteiger partial charge in [0.2, 0.25) is 0 Å².